The maximum Gasteiger partial charge on any atom is 0.317 e. The first-order valence-corrected chi connectivity index (χ1v) is 8.61. The molecule has 4 nitrogen and oxygen atoms in total. The second-order valence-electron chi connectivity index (χ2n) is 5.74. The summed E-state index contributed by atoms with van der Waals surface area (Å²) in [6.45, 7) is 1.82. The minimum atomic E-state index is -1.45. The maximum absolute atomic E-state index is 12.6. The molecule has 1 saturated carbocycles. The normalized spacial score (nSPS) is 26.8. The fourth-order valence-corrected chi connectivity index (χ4v) is 3.58. The lowest BCUT2D eigenvalue weighted by Crippen LogP contribution is -2.45. The summed E-state index contributed by atoms with van der Waals surface area (Å²) >= 11 is 17.4. The highest BCUT2D eigenvalue weighted by atomic mass is 35.5. The van der Waals surface area contributed by atoms with Gasteiger partial charge in [-0.2, -0.15) is 0 Å². The Kier molecular flexibility index (Phi) is 6.32. The van der Waals surface area contributed by atoms with Crippen LogP contribution in [0.2, 0.25) is 5.02 Å². The minimum absolute atomic E-state index is 0.0718. The van der Waals surface area contributed by atoms with Gasteiger partial charge < -0.3 is 9.84 Å². The van der Waals surface area contributed by atoms with Gasteiger partial charge in [0.25, 0.3) is 0 Å². The van der Waals surface area contributed by atoms with E-state index < -0.39 is 29.2 Å². The molecule has 1 aliphatic rings. The Labute approximate surface area is 155 Å². The number of allylic oxidation sites excluding steroid dienone is 1. The van der Waals surface area contributed by atoms with Gasteiger partial charge in [0.05, 0.1) is 12.2 Å². The van der Waals surface area contributed by atoms with Crippen molar-refractivity contribution in [1.29, 1.82) is 0 Å². The summed E-state index contributed by atoms with van der Waals surface area (Å²) in [4.78, 5) is 24.7. The summed E-state index contributed by atoms with van der Waals surface area (Å²) in [5.41, 5.74) is -0.940. The molecular formula is C17H17Cl3O4. The zero-order valence-corrected chi connectivity index (χ0v) is 15.2. The van der Waals surface area contributed by atoms with E-state index >= 15 is 0 Å². The molecule has 1 fully saturated rings. The first-order valence-electron chi connectivity index (χ1n) is 7.47. The second-order valence-corrected chi connectivity index (χ2v) is 7.18. The molecule has 0 spiro atoms. The van der Waals surface area contributed by atoms with E-state index in [2.05, 4.69) is 0 Å². The smallest absolute Gasteiger partial charge is 0.317 e. The number of benzene rings is 1. The molecule has 0 amide bonds. The van der Waals surface area contributed by atoms with Crippen LogP contribution in [0.15, 0.2) is 34.8 Å². The molecule has 3 unspecified atom stereocenters. The molecule has 1 aromatic carbocycles. The lowest BCUT2D eigenvalue weighted by atomic mass is 9.68. The van der Waals surface area contributed by atoms with Crippen molar-refractivity contribution in [2.24, 2.45) is 11.8 Å². The average molecular weight is 392 g/mol. The van der Waals surface area contributed by atoms with Crippen LogP contribution < -0.4 is 0 Å². The van der Waals surface area contributed by atoms with Crippen molar-refractivity contribution in [3.8, 4) is 0 Å². The number of carbonyl (C=O) groups excluding carboxylic acids is 2. The topological polar surface area (TPSA) is 63.6 Å². The second kappa shape index (κ2) is 7.87. The van der Waals surface area contributed by atoms with E-state index in [1.54, 1.807) is 31.2 Å². The van der Waals surface area contributed by atoms with Gasteiger partial charge in [0.15, 0.2) is 5.78 Å². The maximum atomic E-state index is 12.6. The van der Waals surface area contributed by atoms with Crippen LogP contribution in [-0.2, 0) is 19.9 Å². The van der Waals surface area contributed by atoms with Crippen molar-refractivity contribution in [3.05, 3.63) is 45.4 Å². The van der Waals surface area contributed by atoms with Gasteiger partial charge in [-0.25, -0.2) is 0 Å². The third kappa shape index (κ3) is 4.31. The Morgan fingerprint density at radius 1 is 1.46 bits per heavy atom. The van der Waals surface area contributed by atoms with Gasteiger partial charge in [-0.3, -0.25) is 9.59 Å². The zero-order valence-electron chi connectivity index (χ0n) is 13.0. The predicted molar refractivity (Wildman–Crippen MR) is 93.0 cm³/mol. The van der Waals surface area contributed by atoms with E-state index in [0.29, 0.717) is 10.6 Å². The van der Waals surface area contributed by atoms with E-state index in [1.807, 2.05) is 0 Å². The van der Waals surface area contributed by atoms with Gasteiger partial charge in [0.1, 0.15) is 10.4 Å². The molecule has 1 N–H and O–H groups in total. The quantitative estimate of drug-likeness (QED) is 0.622. The minimum Gasteiger partial charge on any atom is -0.465 e. The number of aliphatic hydroxyl groups is 1. The van der Waals surface area contributed by atoms with Crippen LogP contribution in [0, 0.1) is 11.8 Å². The van der Waals surface area contributed by atoms with Crippen molar-refractivity contribution < 1.29 is 19.4 Å². The molecule has 3 atom stereocenters. The summed E-state index contributed by atoms with van der Waals surface area (Å²) in [5, 5.41) is 11.5. The van der Waals surface area contributed by atoms with Gasteiger partial charge in [0.2, 0.25) is 0 Å². The number of hydrogen-bond donors (Lipinski definition) is 1. The first-order chi connectivity index (χ1) is 11.3. The summed E-state index contributed by atoms with van der Waals surface area (Å²) in [5.74, 6) is -2.75. The molecular weight excluding hydrogens is 375 g/mol. The SMILES string of the molecule is CCOC(=O)C1C(=O)CC(O)(c2cccc(Cl)c2)CC1C=C(Cl)Cl. The Morgan fingerprint density at radius 3 is 2.75 bits per heavy atom. The zero-order chi connectivity index (χ0) is 17.9. The molecule has 0 heterocycles. The van der Waals surface area contributed by atoms with Crippen molar-refractivity contribution in [2.75, 3.05) is 6.61 Å². The summed E-state index contributed by atoms with van der Waals surface area (Å²) in [6.07, 6.45) is 1.30. The highest BCUT2D eigenvalue weighted by molar-refractivity contribution is 6.55. The Hall–Kier alpha value is -1.07. The molecule has 130 valence electrons. The molecule has 0 aliphatic heterocycles. The molecule has 2 rings (SSSR count). The number of esters is 1. The lowest BCUT2D eigenvalue weighted by Gasteiger charge is -2.39. The van der Waals surface area contributed by atoms with Gasteiger partial charge in [-0.15, -0.1) is 0 Å². The van der Waals surface area contributed by atoms with E-state index in [-0.39, 0.29) is 23.9 Å². The standard InChI is InChI=1S/C17H17Cl3O4/c1-2-24-16(22)15-10(6-14(19)20)8-17(23,9-13(15)21)11-4-3-5-12(18)7-11/h3-7,10,15,23H,2,8-9H2,1H3. The van der Waals surface area contributed by atoms with Crippen LogP contribution >= 0.6 is 34.8 Å². The first kappa shape index (κ1) is 19.3. The molecule has 0 radical (unpaired) electrons. The van der Waals surface area contributed by atoms with Crippen LogP contribution in [0.5, 0.6) is 0 Å². The van der Waals surface area contributed by atoms with Gasteiger partial charge >= 0.3 is 5.97 Å². The number of ketones is 1. The Bertz CT molecular complexity index is 670. The van der Waals surface area contributed by atoms with Crippen LogP contribution in [0.1, 0.15) is 25.3 Å². The van der Waals surface area contributed by atoms with Crippen LogP contribution in [0.25, 0.3) is 0 Å². The van der Waals surface area contributed by atoms with Crippen molar-refractivity contribution in [3.63, 3.8) is 0 Å². The van der Waals surface area contributed by atoms with Gasteiger partial charge in [0, 0.05) is 17.4 Å². The van der Waals surface area contributed by atoms with Crippen molar-refractivity contribution in [2.45, 2.75) is 25.4 Å². The van der Waals surface area contributed by atoms with E-state index in [9.17, 15) is 14.7 Å². The van der Waals surface area contributed by atoms with E-state index in [0.717, 1.165) is 0 Å². The molecule has 1 aromatic rings. The van der Waals surface area contributed by atoms with E-state index in [4.69, 9.17) is 39.5 Å². The number of hydrogen-bond acceptors (Lipinski definition) is 4. The highest BCUT2D eigenvalue weighted by Crippen LogP contribution is 2.43. The van der Waals surface area contributed by atoms with Crippen molar-refractivity contribution in [1.82, 2.24) is 0 Å². The Balaban J connectivity index is 2.40. The number of rotatable bonds is 4. The third-order valence-electron chi connectivity index (χ3n) is 4.06. The molecule has 1 aliphatic carbocycles. The number of carbonyl (C=O) groups is 2. The Morgan fingerprint density at radius 2 is 2.17 bits per heavy atom. The largest absolute Gasteiger partial charge is 0.465 e. The monoisotopic (exact) mass is 390 g/mol. The molecule has 7 heteroatoms. The van der Waals surface area contributed by atoms with Crippen LogP contribution in [0.4, 0.5) is 0 Å². The number of ether oxygens (including phenoxy) is 1. The number of Topliss-reactive ketones (excluding diaryl/α,β-unsaturated/α-hetero) is 1. The predicted octanol–water partition coefficient (Wildman–Crippen LogP) is 4.01. The molecule has 0 aromatic heterocycles. The highest BCUT2D eigenvalue weighted by Gasteiger charge is 2.48. The fraction of sp³-hybridized carbons (Fsp3) is 0.412. The molecule has 24 heavy (non-hydrogen) atoms. The fourth-order valence-electron chi connectivity index (χ4n) is 3.07. The summed E-state index contributed by atoms with van der Waals surface area (Å²) < 4.78 is 4.91. The lowest BCUT2D eigenvalue weighted by molar-refractivity contribution is -0.159. The summed E-state index contributed by atoms with van der Waals surface area (Å²) in [6, 6.07) is 6.65. The van der Waals surface area contributed by atoms with Crippen LogP contribution in [0.3, 0.4) is 0 Å². The number of halogens is 3. The van der Waals surface area contributed by atoms with Crippen molar-refractivity contribution >= 4 is 46.6 Å². The third-order valence-corrected chi connectivity index (χ3v) is 4.54. The molecule has 0 bridgehead atoms. The van der Waals surface area contributed by atoms with Gasteiger partial charge in [-0.05, 0) is 37.1 Å². The average Bonchev–Trinajstić information content (AvgIpc) is 2.46. The van der Waals surface area contributed by atoms with E-state index in [1.165, 1.54) is 6.08 Å². The van der Waals surface area contributed by atoms with Crippen LogP contribution in [-0.4, -0.2) is 23.5 Å². The summed E-state index contributed by atoms with van der Waals surface area (Å²) in [7, 11) is 0. The van der Waals surface area contributed by atoms with Gasteiger partial charge in [-0.1, -0.05) is 46.9 Å². The molecule has 0 saturated heterocycles.